The van der Waals surface area contributed by atoms with Gasteiger partial charge in [0.1, 0.15) is 0 Å². The van der Waals surface area contributed by atoms with E-state index in [1.807, 2.05) is 0 Å². The molecule has 1 amide bonds. The minimum atomic E-state index is -0.883. The number of carbonyl (C=O) groups is 2. The van der Waals surface area contributed by atoms with Crippen LogP contribution in [0.5, 0.6) is 0 Å². The molecule has 0 radical (unpaired) electrons. The van der Waals surface area contributed by atoms with Crippen molar-refractivity contribution in [2.45, 2.75) is 44.1 Å². The van der Waals surface area contributed by atoms with Gasteiger partial charge in [-0.3, -0.25) is 9.59 Å². The lowest BCUT2D eigenvalue weighted by Gasteiger charge is -2.37. The average Bonchev–Trinajstić information content (AvgIpc) is 2.41. The van der Waals surface area contributed by atoms with E-state index in [-0.39, 0.29) is 12.3 Å². The summed E-state index contributed by atoms with van der Waals surface area (Å²) in [6.45, 7) is 0. The van der Waals surface area contributed by atoms with Gasteiger partial charge >= 0.3 is 5.97 Å². The molecular weight excluding hydrogens is 358 g/mol. The number of carbonyl (C=O) groups excluding carboxylic acids is 1. The Bertz CT molecular complexity index is 556. The van der Waals surface area contributed by atoms with E-state index in [0.29, 0.717) is 23.4 Å². The molecule has 21 heavy (non-hydrogen) atoms. The van der Waals surface area contributed by atoms with Gasteiger partial charge in [-0.15, -0.1) is 0 Å². The molecular formula is C15H17BrClNO3. The van der Waals surface area contributed by atoms with Crippen molar-refractivity contribution in [2.75, 3.05) is 0 Å². The smallest absolute Gasteiger partial charge is 0.305 e. The van der Waals surface area contributed by atoms with E-state index >= 15 is 0 Å². The zero-order valence-corrected chi connectivity index (χ0v) is 13.8. The van der Waals surface area contributed by atoms with Crippen LogP contribution in [0.15, 0.2) is 22.7 Å². The van der Waals surface area contributed by atoms with Gasteiger partial charge in [0.2, 0.25) is 0 Å². The topological polar surface area (TPSA) is 66.4 Å². The first kappa shape index (κ1) is 16.3. The standard InChI is InChI=1S/C15H17BrClNO3/c16-11-5-4-10(8-12(11)17)14(21)18-15(9-13(19)20)6-2-1-3-7-15/h4-5,8H,1-3,6-7,9H2,(H,18,21)(H,19,20). The molecule has 0 atom stereocenters. The van der Waals surface area contributed by atoms with Gasteiger partial charge in [-0.05, 0) is 47.0 Å². The molecule has 1 saturated carbocycles. The number of hydrogen-bond donors (Lipinski definition) is 2. The Morgan fingerprint density at radius 2 is 1.95 bits per heavy atom. The first-order valence-electron chi connectivity index (χ1n) is 6.91. The van der Waals surface area contributed by atoms with Crippen LogP contribution in [0.1, 0.15) is 48.9 Å². The third-order valence-electron chi connectivity index (χ3n) is 3.86. The zero-order valence-electron chi connectivity index (χ0n) is 11.5. The van der Waals surface area contributed by atoms with Gasteiger partial charge in [-0.1, -0.05) is 30.9 Å². The molecule has 0 spiro atoms. The molecule has 0 bridgehead atoms. The van der Waals surface area contributed by atoms with Crippen LogP contribution < -0.4 is 5.32 Å². The normalized spacial score (nSPS) is 17.2. The predicted octanol–water partition coefficient (Wildman–Crippen LogP) is 4.01. The van der Waals surface area contributed by atoms with E-state index in [1.165, 1.54) is 0 Å². The van der Waals surface area contributed by atoms with E-state index in [2.05, 4.69) is 21.2 Å². The summed E-state index contributed by atoms with van der Waals surface area (Å²) >= 11 is 9.28. The monoisotopic (exact) mass is 373 g/mol. The van der Waals surface area contributed by atoms with Crippen LogP contribution in [0.2, 0.25) is 5.02 Å². The van der Waals surface area contributed by atoms with Gasteiger partial charge < -0.3 is 10.4 Å². The average molecular weight is 375 g/mol. The number of hydrogen-bond acceptors (Lipinski definition) is 2. The van der Waals surface area contributed by atoms with E-state index < -0.39 is 11.5 Å². The second-order valence-corrected chi connectivity index (χ2v) is 6.76. The quantitative estimate of drug-likeness (QED) is 0.837. The van der Waals surface area contributed by atoms with Crippen molar-refractivity contribution in [3.05, 3.63) is 33.3 Å². The van der Waals surface area contributed by atoms with Crippen molar-refractivity contribution >= 4 is 39.4 Å². The third kappa shape index (κ3) is 4.20. The molecule has 4 nitrogen and oxygen atoms in total. The van der Waals surface area contributed by atoms with E-state index in [0.717, 1.165) is 23.7 Å². The molecule has 2 rings (SSSR count). The van der Waals surface area contributed by atoms with Crippen molar-refractivity contribution < 1.29 is 14.7 Å². The fraction of sp³-hybridized carbons (Fsp3) is 0.467. The van der Waals surface area contributed by atoms with Crippen molar-refractivity contribution in [1.29, 1.82) is 0 Å². The SMILES string of the molecule is O=C(O)CC1(NC(=O)c2ccc(Br)c(Cl)c2)CCCCC1. The van der Waals surface area contributed by atoms with Crippen molar-refractivity contribution in [3.63, 3.8) is 0 Å². The fourth-order valence-electron chi connectivity index (χ4n) is 2.81. The molecule has 0 heterocycles. The summed E-state index contributed by atoms with van der Waals surface area (Å²) in [6.07, 6.45) is 4.33. The number of nitrogens with one attached hydrogen (secondary N) is 1. The van der Waals surface area contributed by atoms with Gasteiger partial charge in [0.25, 0.3) is 5.91 Å². The van der Waals surface area contributed by atoms with E-state index in [1.54, 1.807) is 18.2 Å². The number of carboxylic acids is 1. The van der Waals surface area contributed by atoms with Crippen LogP contribution in [0, 0.1) is 0 Å². The first-order valence-corrected chi connectivity index (χ1v) is 8.08. The zero-order chi connectivity index (χ0) is 15.5. The maximum Gasteiger partial charge on any atom is 0.305 e. The lowest BCUT2D eigenvalue weighted by molar-refractivity contribution is -0.139. The molecule has 2 N–H and O–H groups in total. The molecule has 114 valence electrons. The predicted molar refractivity (Wildman–Crippen MR) is 84.7 cm³/mol. The highest BCUT2D eigenvalue weighted by atomic mass is 79.9. The van der Waals surface area contributed by atoms with Crippen molar-refractivity contribution in [3.8, 4) is 0 Å². The lowest BCUT2D eigenvalue weighted by atomic mass is 9.79. The molecule has 1 aliphatic carbocycles. The number of rotatable bonds is 4. The molecule has 0 aliphatic heterocycles. The van der Waals surface area contributed by atoms with Crippen LogP contribution in [-0.2, 0) is 4.79 Å². The summed E-state index contributed by atoms with van der Waals surface area (Å²) in [5.41, 5.74) is -0.195. The van der Waals surface area contributed by atoms with Crippen LogP contribution in [0.3, 0.4) is 0 Å². The van der Waals surface area contributed by atoms with Crippen LogP contribution >= 0.6 is 27.5 Å². The van der Waals surface area contributed by atoms with E-state index in [9.17, 15) is 9.59 Å². The summed E-state index contributed by atoms with van der Waals surface area (Å²) in [5.74, 6) is -1.15. The third-order valence-corrected chi connectivity index (χ3v) is 5.09. The molecule has 1 aromatic carbocycles. The Kier molecular flexibility index (Phi) is 5.27. The Morgan fingerprint density at radius 3 is 2.52 bits per heavy atom. The highest BCUT2D eigenvalue weighted by molar-refractivity contribution is 9.10. The Labute approximate surface area is 137 Å². The molecule has 0 saturated heterocycles. The molecule has 1 fully saturated rings. The second-order valence-electron chi connectivity index (χ2n) is 5.49. The van der Waals surface area contributed by atoms with Gasteiger partial charge in [-0.2, -0.15) is 0 Å². The summed E-state index contributed by atoms with van der Waals surface area (Å²) < 4.78 is 0.721. The van der Waals surface area contributed by atoms with Gasteiger partial charge in [-0.25, -0.2) is 0 Å². The maximum absolute atomic E-state index is 12.4. The fourth-order valence-corrected chi connectivity index (χ4v) is 3.24. The summed E-state index contributed by atoms with van der Waals surface area (Å²) in [7, 11) is 0. The Hall–Kier alpha value is -1.07. The number of halogens is 2. The van der Waals surface area contributed by atoms with Gasteiger partial charge in [0.15, 0.2) is 0 Å². The largest absolute Gasteiger partial charge is 0.481 e. The number of benzene rings is 1. The first-order chi connectivity index (χ1) is 9.92. The minimum Gasteiger partial charge on any atom is -0.481 e. The number of amides is 1. The van der Waals surface area contributed by atoms with Gasteiger partial charge in [0, 0.05) is 10.0 Å². The van der Waals surface area contributed by atoms with Gasteiger partial charge in [0.05, 0.1) is 17.0 Å². The molecule has 1 aliphatic rings. The summed E-state index contributed by atoms with van der Waals surface area (Å²) in [4.78, 5) is 23.5. The minimum absolute atomic E-state index is 0.0387. The summed E-state index contributed by atoms with van der Waals surface area (Å²) in [5, 5.41) is 12.5. The molecule has 0 aromatic heterocycles. The highest BCUT2D eigenvalue weighted by Crippen LogP contribution is 2.32. The van der Waals surface area contributed by atoms with Crippen LogP contribution in [0.25, 0.3) is 0 Å². The lowest BCUT2D eigenvalue weighted by Crippen LogP contribution is -2.51. The number of aliphatic carboxylic acids is 1. The Balaban J connectivity index is 2.17. The van der Waals surface area contributed by atoms with Crippen molar-refractivity contribution in [2.24, 2.45) is 0 Å². The van der Waals surface area contributed by atoms with E-state index in [4.69, 9.17) is 16.7 Å². The Morgan fingerprint density at radius 1 is 1.29 bits per heavy atom. The second kappa shape index (κ2) is 6.79. The van der Waals surface area contributed by atoms with Crippen LogP contribution in [-0.4, -0.2) is 22.5 Å². The molecule has 1 aromatic rings. The molecule has 6 heteroatoms. The highest BCUT2D eigenvalue weighted by Gasteiger charge is 2.36. The summed E-state index contributed by atoms with van der Waals surface area (Å²) in [6, 6.07) is 4.96. The number of carboxylic acid groups (broad SMARTS) is 1. The van der Waals surface area contributed by atoms with Crippen molar-refractivity contribution in [1.82, 2.24) is 5.32 Å². The van der Waals surface area contributed by atoms with Crippen LogP contribution in [0.4, 0.5) is 0 Å². The molecule has 0 unspecified atom stereocenters. The maximum atomic E-state index is 12.4.